The molecule has 0 bridgehead atoms. The van der Waals surface area contributed by atoms with Gasteiger partial charge in [0.15, 0.2) is 12.4 Å². The summed E-state index contributed by atoms with van der Waals surface area (Å²) < 4.78 is 17.8. The molecule has 5 unspecified atom stereocenters. The SMILES string of the molecule is COC(=O)CC(NC(=O)C(C)NC(=O)C(NC(=O)C(N)C(=O)[N-]CC(=O)[N-]C(C[S-])C(N)=O)C(C)C)C(=O)COC(=O)c1ccccc1.[O]=[Tc+4]. The third-order valence-electron chi connectivity index (χ3n) is 6.36. The number of hydrogen-bond donors (Lipinski definition) is 5. The van der Waals surface area contributed by atoms with Crippen molar-refractivity contribution in [3.63, 3.8) is 0 Å². The van der Waals surface area contributed by atoms with E-state index in [-0.39, 0.29) is 11.3 Å². The van der Waals surface area contributed by atoms with Crippen LogP contribution in [-0.4, -0.2) is 109 Å². The Bertz CT molecular complexity index is 1390. The molecule has 7 N–H and O–H groups in total. The van der Waals surface area contributed by atoms with Crippen LogP contribution >= 0.6 is 0 Å². The van der Waals surface area contributed by atoms with Gasteiger partial charge < -0.3 is 69.7 Å². The number of nitrogens with one attached hydrogen (secondary N) is 3. The Morgan fingerprint density at radius 3 is 2.02 bits per heavy atom. The molecule has 0 saturated carbocycles. The predicted molar refractivity (Wildman–Crippen MR) is 170 cm³/mol. The van der Waals surface area contributed by atoms with Gasteiger partial charge in [-0.3, -0.25) is 28.8 Å². The first-order valence-electron chi connectivity index (χ1n) is 14.5. The van der Waals surface area contributed by atoms with Crippen LogP contribution in [0.2, 0.25) is 0 Å². The van der Waals surface area contributed by atoms with Gasteiger partial charge in [-0.25, -0.2) is 4.79 Å². The molecule has 0 fully saturated rings. The van der Waals surface area contributed by atoms with Gasteiger partial charge in [-0.2, -0.15) is 5.75 Å². The number of rotatable bonds is 19. The van der Waals surface area contributed by atoms with Crippen LogP contribution in [0.3, 0.4) is 0 Å². The molecular formula is C29H38N7O12STc+. The topological polar surface area (TPSA) is 305 Å². The molecule has 1 rings (SSSR count). The van der Waals surface area contributed by atoms with Gasteiger partial charge in [0.2, 0.25) is 23.6 Å². The van der Waals surface area contributed by atoms with Crippen LogP contribution in [0, 0.1) is 5.92 Å². The van der Waals surface area contributed by atoms with Crippen LogP contribution in [-0.2, 0) is 82.8 Å². The van der Waals surface area contributed by atoms with Gasteiger partial charge in [0, 0.05) is 5.91 Å². The van der Waals surface area contributed by atoms with Gasteiger partial charge in [-0.15, -0.1) is 0 Å². The maximum absolute atomic E-state index is 13.0. The van der Waals surface area contributed by atoms with Crippen molar-refractivity contribution < 1.29 is 75.0 Å². The number of carbonyl (C=O) groups is 9. The number of ether oxygens (including phenoxy) is 2. The monoisotopic (exact) mass is 805 g/mol. The van der Waals surface area contributed by atoms with Crippen molar-refractivity contribution in [2.45, 2.75) is 57.4 Å². The van der Waals surface area contributed by atoms with Crippen molar-refractivity contribution in [2.75, 3.05) is 26.0 Å². The summed E-state index contributed by atoms with van der Waals surface area (Å²) in [5.74, 6) is -9.46. The Labute approximate surface area is 303 Å². The summed E-state index contributed by atoms with van der Waals surface area (Å²) >= 11 is 5.56. The van der Waals surface area contributed by atoms with E-state index >= 15 is 0 Å². The van der Waals surface area contributed by atoms with Gasteiger partial charge in [-0.1, -0.05) is 44.6 Å². The molecule has 0 aliphatic carbocycles. The van der Waals surface area contributed by atoms with Crippen LogP contribution < -0.4 is 27.4 Å². The summed E-state index contributed by atoms with van der Waals surface area (Å²) in [7, 11) is 1.07. The maximum atomic E-state index is 13.0. The van der Waals surface area contributed by atoms with E-state index in [2.05, 4.69) is 43.9 Å². The number of carbonyl (C=O) groups excluding carboxylic acids is 9. The van der Waals surface area contributed by atoms with Crippen LogP contribution in [0.4, 0.5) is 0 Å². The molecule has 21 heteroatoms. The number of Topliss-reactive ketones (excluding diaryl/α,β-unsaturated/α-hetero) is 1. The molecule has 0 aliphatic heterocycles. The molecule has 0 saturated heterocycles. The normalized spacial score (nSPS) is 13.3. The number of methoxy groups -OCH3 is 1. The fourth-order valence-electron chi connectivity index (χ4n) is 3.59. The second-order valence-corrected chi connectivity index (χ2v) is 10.8. The number of nitrogens with zero attached hydrogens (tertiary/aromatic N) is 2. The van der Waals surface area contributed by atoms with E-state index in [1.807, 2.05) is 0 Å². The summed E-state index contributed by atoms with van der Waals surface area (Å²) in [6, 6.07) is 0.432. The van der Waals surface area contributed by atoms with Crippen molar-refractivity contribution >= 4 is 65.8 Å². The zero-order chi connectivity index (χ0) is 38.6. The van der Waals surface area contributed by atoms with Crippen LogP contribution in [0.25, 0.3) is 10.6 Å². The van der Waals surface area contributed by atoms with Crippen LogP contribution in [0.15, 0.2) is 30.3 Å². The van der Waals surface area contributed by atoms with Crippen molar-refractivity contribution in [2.24, 2.45) is 17.4 Å². The predicted octanol–water partition coefficient (Wildman–Crippen LogP) is -2.49. The Hall–Kier alpha value is -4.59. The molecule has 0 heterocycles. The standard InChI is InChI=1S/C29H41N7O11S.O.Tc/c1-14(2)23(36-27(43)22(30)26(42)32-11-20(38)34-18(13-48)24(31)40)28(44)33-15(3)25(41)35-17(10-21(39)46-4)19(37)12-47-29(45)16-8-6-5-7-9-16;;/h5-9,14-15,17-18,22-23H,10-13,30H2,1-4H3,(H8,31,32,33,34,35,36,38,40,41,42,43,44,48);;/q;;+4/p-3. The van der Waals surface area contributed by atoms with Gasteiger partial charge >= 0.3 is 34.3 Å². The number of primary amides is 1. The molecule has 0 aliphatic rings. The molecule has 5 atom stereocenters. The summed E-state index contributed by atoms with van der Waals surface area (Å²) in [6.07, 6.45) is -0.606. The van der Waals surface area contributed by atoms with Crippen molar-refractivity contribution in [1.82, 2.24) is 16.0 Å². The molecule has 6 amide bonds. The fourth-order valence-corrected chi connectivity index (χ4v) is 3.83. The number of esters is 2. The van der Waals surface area contributed by atoms with Crippen molar-refractivity contribution in [3.8, 4) is 0 Å². The average molecular weight is 807 g/mol. The van der Waals surface area contributed by atoms with E-state index in [0.717, 1.165) is 26.0 Å². The Kier molecular flexibility index (Phi) is 21.5. The summed E-state index contributed by atoms with van der Waals surface area (Å²) in [6.45, 7) is 2.72. The second kappa shape index (κ2) is 23.7. The van der Waals surface area contributed by atoms with Gasteiger partial charge in [-0.05, 0) is 25.0 Å². The van der Waals surface area contributed by atoms with E-state index in [1.165, 1.54) is 19.1 Å². The molecule has 1 aromatic carbocycles. The van der Waals surface area contributed by atoms with E-state index in [4.69, 9.17) is 19.7 Å². The number of ketones is 1. The second-order valence-electron chi connectivity index (χ2n) is 10.5. The minimum atomic E-state index is -1.93. The summed E-state index contributed by atoms with van der Waals surface area (Å²) in [5.41, 5.74) is 10.9. The van der Waals surface area contributed by atoms with E-state index in [9.17, 15) is 43.2 Å². The molecule has 1 aromatic rings. The van der Waals surface area contributed by atoms with E-state index < -0.39 is 109 Å². The molecule has 0 aromatic heterocycles. The first-order valence-corrected chi connectivity index (χ1v) is 15.8. The zero-order valence-electron chi connectivity index (χ0n) is 27.4. The van der Waals surface area contributed by atoms with Crippen LogP contribution in [0.5, 0.6) is 0 Å². The first-order chi connectivity index (χ1) is 23.5. The van der Waals surface area contributed by atoms with Gasteiger partial charge in [0.1, 0.15) is 24.2 Å². The van der Waals surface area contributed by atoms with Crippen molar-refractivity contribution in [1.29, 1.82) is 0 Å². The van der Waals surface area contributed by atoms with Crippen LogP contribution in [0.1, 0.15) is 37.6 Å². The fraction of sp³-hybridized carbons (Fsp3) is 0.483. The molecule has 0 radical (unpaired) electrons. The van der Waals surface area contributed by atoms with E-state index in [1.54, 1.807) is 32.0 Å². The van der Waals surface area contributed by atoms with Gasteiger partial charge in [0.25, 0.3) is 0 Å². The molecule has 0 spiro atoms. The number of benzene rings is 1. The Morgan fingerprint density at radius 1 is 0.900 bits per heavy atom. The Balaban J connectivity index is 0.0000118. The summed E-state index contributed by atoms with van der Waals surface area (Å²) in [4.78, 5) is 111. The summed E-state index contributed by atoms with van der Waals surface area (Å²) in [5, 5.41) is 13.8. The first kappa shape index (κ1) is 45.4. The minimum absolute atomic E-state index is 0.173. The molecule has 50 heavy (non-hydrogen) atoms. The Morgan fingerprint density at radius 2 is 1.50 bits per heavy atom. The average Bonchev–Trinajstić information content (AvgIpc) is 3.10. The quantitative estimate of drug-likeness (QED) is 0.0549. The number of hydrogen-bond acceptors (Lipinski definition) is 14. The third-order valence-corrected chi connectivity index (χ3v) is 6.68. The number of amides is 6. The van der Waals surface area contributed by atoms with Crippen molar-refractivity contribution in [3.05, 3.63) is 46.5 Å². The third kappa shape index (κ3) is 16.2. The molecular weight excluding hydrogens is 768 g/mol. The molecule has 273 valence electrons. The van der Waals surface area contributed by atoms with E-state index in [0.29, 0.717) is 0 Å². The van der Waals surface area contributed by atoms with Gasteiger partial charge in [0.05, 0.1) is 25.0 Å². The zero-order valence-corrected chi connectivity index (χ0v) is 30.1. The molecule has 19 nitrogen and oxygen atoms in total. The number of nitrogens with two attached hydrogens (primary N) is 2.